The first-order valence-corrected chi connectivity index (χ1v) is 5.40. The second kappa shape index (κ2) is 4.14. The number of hydrogen-bond donors (Lipinski definition) is 1. The van der Waals surface area contributed by atoms with E-state index in [1.807, 2.05) is 19.9 Å². The molecule has 1 aromatic heterocycles. The number of anilines is 1. The number of aromatic nitrogens is 2. The Kier molecular flexibility index (Phi) is 2.86. The molecule has 15 heavy (non-hydrogen) atoms. The largest absolute Gasteiger partial charge is 0.391 e. The lowest BCUT2D eigenvalue weighted by Gasteiger charge is -2.31. The molecule has 0 spiro atoms. The van der Waals surface area contributed by atoms with E-state index in [1.165, 1.54) is 0 Å². The van der Waals surface area contributed by atoms with Crippen LogP contribution in [0.15, 0.2) is 6.07 Å². The quantitative estimate of drug-likeness (QED) is 0.748. The van der Waals surface area contributed by atoms with E-state index in [0.29, 0.717) is 6.54 Å². The molecule has 0 unspecified atom stereocenters. The Balaban J connectivity index is 2.20. The third-order valence-electron chi connectivity index (χ3n) is 2.67. The van der Waals surface area contributed by atoms with E-state index in [-0.39, 0.29) is 6.10 Å². The van der Waals surface area contributed by atoms with Crippen molar-refractivity contribution in [3.05, 3.63) is 17.6 Å². The highest BCUT2D eigenvalue weighted by Gasteiger charge is 2.19. The summed E-state index contributed by atoms with van der Waals surface area (Å²) in [6.07, 6.45) is 1.72. The molecule has 1 aliphatic rings. The van der Waals surface area contributed by atoms with Gasteiger partial charge in [0.05, 0.1) is 6.10 Å². The van der Waals surface area contributed by atoms with Crippen LogP contribution in [0.1, 0.15) is 24.4 Å². The summed E-state index contributed by atoms with van der Waals surface area (Å²) in [5.41, 5.74) is 0.984. The number of rotatable bonds is 1. The van der Waals surface area contributed by atoms with Gasteiger partial charge in [-0.15, -0.1) is 0 Å². The molecule has 1 aromatic rings. The molecule has 1 fully saturated rings. The Morgan fingerprint density at radius 2 is 2.20 bits per heavy atom. The molecule has 2 heterocycles. The number of hydrogen-bond acceptors (Lipinski definition) is 4. The fourth-order valence-corrected chi connectivity index (χ4v) is 2.02. The Labute approximate surface area is 90.0 Å². The molecule has 0 aliphatic carbocycles. The minimum Gasteiger partial charge on any atom is -0.391 e. The Bertz CT molecular complexity index is 333. The molecule has 0 bridgehead atoms. The zero-order chi connectivity index (χ0) is 10.8. The summed E-state index contributed by atoms with van der Waals surface area (Å²) in [7, 11) is 0. The first-order chi connectivity index (χ1) is 7.15. The van der Waals surface area contributed by atoms with Crippen LogP contribution >= 0.6 is 0 Å². The van der Waals surface area contributed by atoms with Crippen LogP contribution in [0.2, 0.25) is 0 Å². The van der Waals surface area contributed by atoms with Crippen molar-refractivity contribution in [1.82, 2.24) is 9.97 Å². The summed E-state index contributed by atoms with van der Waals surface area (Å²) in [4.78, 5) is 10.8. The number of piperidine rings is 1. The predicted molar refractivity (Wildman–Crippen MR) is 59.0 cm³/mol. The monoisotopic (exact) mass is 207 g/mol. The van der Waals surface area contributed by atoms with Gasteiger partial charge < -0.3 is 10.0 Å². The van der Waals surface area contributed by atoms with Crippen LogP contribution in [0.5, 0.6) is 0 Å². The predicted octanol–water partition coefficient (Wildman–Crippen LogP) is 1.05. The average molecular weight is 207 g/mol. The van der Waals surface area contributed by atoms with E-state index >= 15 is 0 Å². The van der Waals surface area contributed by atoms with Gasteiger partial charge in [0.25, 0.3) is 0 Å². The highest BCUT2D eigenvalue weighted by atomic mass is 16.3. The second-order valence-corrected chi connectivity index (χ2v) is 4.16. The molecule has 0 aromatic carbocycles. The lowest BCUT2D eigenvalue weighted by molar-refractivity contribution is 0.154. The van der Waals surface area contributed by atoms with Gasteiger partial charge >= 0.3 is 0 Å². The first kappa shape index (κ1) is 10.4. The van der Waals surface area contributed by atoms with Crippen molar-refractivity contribution in [3.63, 3.8) is 0 Å². The van der Waals surface area contributed by atoms with E-state index in [9.17, 15) is 5.11 Å². The second-order valence-electron chi connectivity index (χ2n) is 4.16. The van der Waals surface area contributed by atoms with Gasteiger partial charge in [-0.3, -0.25) is 0 Å². The summed E-state index contributed by atoms with van der Waals surface area (Å²) in [5, 5.41) is 9.59. The van der Waals surface area contributed by atoms with Crippen molar-refractivity contribution in [3.8, 4) is 0 Å². The van der Waals surface area contributed by atoms with Crippen molar-refractivity contribution in [2.24, 2.45) is 0 Å². The number of aryl methyl sites for hydroxylation is 2. The summed E-state index contributed by atoms with van der Waals surface area (Å²) < 4.78 is 0. The summed E-state index contributed by atoms with van der Waals surface area (Å²) in [6, 6.07) is 1.98. The molecule has 0 saturated carbocycles. The molecule has 2 rings (SSSR count). The molecule has 1 saturated heterocycles. The van der Waals surface area contributed by atoms with Crippen molar-refractivity contribution >= 4 is 5.82 Å². The van der Waals surface area contributed by atoms with Crippen LogP contribution in [0, 0.1) is 13.8 Å². The SMILES string of the molecule is Cc1cc(N2CCC[C@@H](O)C2)nc(C)n1. The maximum absolute atomic E-state index is 9.59. The van der Waals surface area contributed by atoms with Crippen molar-refractivity contribution in [2.75, 3.05) is 18.0 Å². The normalized spacial score (nSPS) is 21.8. The van der Waals surface area contributed by atoms with Crippen LogP contribution < -0.4 is 4.90 Å². The van der Waals surface area contributed by atoms with Gasteiger partial charge in [-0.2, -0.15) is 0 Å². The minimum absolute atomic E-state index is 0.214. The van der Waals surface area contributed by atoms with E-state index < -0.39 is 0 Å². The molecular weight excluding hydrogens is 190 g/mol. The molecule has 0 radical (unpaired) electrons. The number of nitrogens with zero attached hydrogens (tertiary/aromatic N) is 3. The van der Waals surface area contributed by atoms with Gasteiger partial charge in [-0.25, -0.2) is 9.97 Å². The molecule has 4 heteroatoms. The fourth-order valence-electron chi connectivity index (χ4n) is 2.02. The molecular formula is C11H17N3O. The Hall–Kier alpha value is -1.16. The summed E-state index contributed by atoms with van der Waals surface area (Å²) in [6.45, 7) is 5.54. The zero-order valence-corrected chi connectivity index (χ0v) is 9.27. The van der Waals surface area contributed by atoms with Crippen LogP contribution in [0.25, 0.3) is 0 Å². The molecule has 1 atom stereocenters. The first-order valence-electron chi connectivity index (χ1n) is 5.40. The lowest BCUT2D eigenvalue weighted by Crippen LogP contribution is -2.38. The third kappa shape index (κ3) is 2.45. The maximum atomic E-state index is 9.59. The fraction of sp³-hybridized carbons (Fsp3) is 0.636. The molecule has 4 nitrogen and oxygen atoms in total. The smallest absolute Gasteiger partial charge is 0.132 e. The van der Waals surface area contributed by atoms with Crippen molar-refractivity contribution in [2.45, 2.75) is 32.8 Å². The number of β-amino-alcohol motifs (C(OH)–C–C–N with tert-alkyl or cyclic N) is 1. The van der Waals surface area contributed by atoms with Crippen LogP contribution in [0.3, 0.4) is 0 Å². The Morgan fingerprint density at radius 3 is 2.87 bits per heavy atom. The molecule has 1 N–H and O–H groups in total. The highest BCUT2D eigenvalue weighted by Crippen LogP contribution is 2.18. The van der Waals surface area contributed by atoms with Gasteiger partial charge in [0.15, 0.2) is 0 Å². The summed E-state index contributed by atoms with van der Waals surface area (Å²) in [5.74, 6) is 1.74. The van der Waals surface area contributed by atoms with E-state index in [2.05, 4.69) is 14.9 Å². The zero-order valence-electron chi connectivity index (χ0n) is 9.27. The van der Waals surface area contributed by atoms with Gasteiger partial charge in [0.2, 0.25) is 0 Å². The van der Waals surface area contributed by atoms with Crippen molar-refractivity contribution < 1.29 is 5.11 Å². The molecule has 1 aliphatic heterocycles. The molecule has 0 amide bonds. The van der Waals surface area contributed by atoms with E-state index in [0.717, 1.165) is 36.7 Å². The number of aliphatic hydroxyl groups excluding tert-OH is 1. The van der Waals surface area contributed by atoms with Gasteiger partial charge in [-0.1, -0.05) is 0 Å². The maximum Gasteiger partial charge on any atom is 0.132 e. The van der Waals surface area contributed by atoms with Gasteiger partial charge in [0, 0.05) is 24.8 Å². The molecule has 82 valence electrons. The lowest BCUT2D eigenvalue weighted by atomic mass is 10.1. The van der Waals surface area contributed by atoms with E-state index in [4.69, 9.17) is 0 Å². The number of aliphatic hydroxyl groups is 1. The third-order valence-corrected chi connectivity index (χ3v) is 2.67. The van der Waals surface area contributed by atoms with Crippen LogP contribution in [0.4, 0.5) is 5.82 Å². The Morgan fingerprint density at radius 1 is 1.40 bits per heavy atom. The topological polar surface area (TPSA) is 49.2 Å². The summed E-state index contributed by atoms with van der Waals surface area (Å²) >= 11 is 0. The van der Waals surface area contributed by atoms with Gasteiger partial charge in [0.1, 0.15) is 11.6 Å². The van der Waals surface area contributed by atoms with Gasteiger partial charge in [-0.05, 0) is 26.7 Å². The highest BCUT2D eigenvalue weighted by molar-refractivity contribution is 5.40. The van der Waals surface area contributed by atoms with E-state index in [1.54, 1.807) is 0 Å². The standard InChI is InChI=1S/C11H17N3O/c1-8-6-11(13-9(2)12-8)14-5-3-4-10(15)7-14/h6,10,15H,3-5,7H2,1-2H3/t10-/m1/s1. The van der Waals surface area contributed by atoms with Crippen molar-refractivity contribution in [1.29, 1.82) is 0 Å². The average Bonchev–Trinajstić information content (AvgIpc) is 2.16. The van der Waals surface area contributed by atoms with Crippen LogP contribution in [-0.2, 0) is 0 Å². The minimum atomic E-state index is -0.214. The van der Waals surface area contributed by atoms with Crippen LogP contribution in [-0.4, -0.2) is 34.3 Å².